The number of nitrogens with zero attached hydrogens (tertiary/aromatic N) is 2. The van der Waals surface area contributed by atoms with Gasteiger partial charge in [-0.25, -0.2) is 4.79 Å². The number of aliphatic hydroxyl groups is 1. The van der Waals surface area contributed by atoms with Crippen molar-refractivity contribution in [3.63, 3.8) is 0 Å². The first-order valence-electron chi connectivity index (χ1n) is 11.1. The molecular formula is C27H23ClN2O6. The number of aromatic nitrogens is 1. The minimum atomic E-state index is -1.00. The summed E-state index contributed by atoms with van der Waals surface area (Å²) in [6.45, 7) is 3.46. The summed E-state index contributed by atoms with van der Waals surface area (Å²) in [5, 5.41) is 11.6. The van der Waals surface area contributed by atoms with E-state index in [1.54, 1.807) is 50.4 Å². The van der Waals surface area contributed by atoms with Crippen molar-refractivity contribution in [3.8, 4) is 5.75 Å². The average Bonchev–Trinajstić information content (AvgIpc) is 3.14. The Balaban J connectivity index is 1.89. The summed E-state index contributed by atoms with van der Waals surface area (Å²) >= 11 is 6.11. The zero-order valence-electron chi connectivity index (χ0n) is 19.8. The SMILES string of the molecule is COc1cc(/C(O)=C2\C(=O)C(=O)N(c3cccc(C(=O)OC(C)C)c3)C2c2cccnc2)ccc1Cl. The molecule has 0 spiro atoms. The number of methoxy groups -OCH3 is 1. The number of carbonyl (C=O) groups is 3. The van der Waals surface area contributed by atoms with Crippen LogP contribution in [-0.2, 0) is 14.3 Å². The highest BCUT2D eigenvalue weighted by Crippen LogP contribution is 2.42. The lowest BCUT2D eigenvalue weighted by Crippen LogP contribution is -2.29. The topological polar surface area (TPSA) is 106 Å². The van der Waals surface area contributed by atoms with E-state index in [-0.39, 0.29) is 28.5 Å². The molecule has 36 heavy (non-hydrogen) atoms. The summed E-state index contributed by atoms with van der Waals surface area (Å²) in [6, 6.07) is 13.1. The number of Topliss-reactive ketones (excluding diaryl/α,β-unsaturated/α-hetero) is 1. The summed E-state index contributed by atoms with van der Waals surface area (Å²) in [5.41, 5.74) is 1.12. The van der Waals surface area contributed by atoms with Gasteiger partial charge in [0.25, 0.3) is 11.7 Å². The van der Waals surface area contributed by atoms with Crippen molar-refractivity contribution in [1.29, 1.82) is 0 Å². The van der Waals surface area contributed by atoms with Gasteiger partial charge in [0.1, 0.15) is 11.5 Å². The van der Waals surface area contributed by atoms with Crippen molar-refractivity contribution in [1.82, 2.24) is 4.98 Å². The Hall–Kier alpha value is -4.17. The number of esters is 1. The molecule has 2 aromatic carbocycles. The standard InChI is InChI=1S/C27H23ClN2O6/c1-15(2)36-27(34)17-6-4-8-19(12-17)30-23(18-7-5-11-29-14-18)22(25(32)26(30)33)24(31)16-9-10-20(28)21(13-16)35-3/h4-15,23,31H,1-3H3/b24-22+. The Labute approximate surface area is 212 Å². The summed E-state index contributed by atoms with van der Waals surface area (Å²) < 4.78 is 10.5. The Bertz CT molecular complexity index is 1370. The lowest BCUT2D eigenvalue weighted by atomic mass is 9.96. The molecule has 1 saturated heterocycles. The first kappa shape index (κ1) is 24.9. The Kier molecular flexibility index (Phi) is 7.07. The van der Waals surface area contributed by atoms with Crippen LogP contribution in [0.4, 0.5) is 5.69 Å². The van der Waals surface area contributed by atoms with Crippen LogP contribution in [0.2, 0.25) is 5.02 Å². The number of ether oxygens (including phenoxy) is 2. The van der Waals surface area contributed by atoms with E-state index in [0.29, 0.717) is 16.3 Å². The number of hydrogen-bond acceptors (Lipinski definition) is 7. The van der Waals surface area contributed by atoms with Gasteiger partial charge in [-0.05, 0) is 61.9 Å². The predicted molar refractivity (Wildman–Crippen MR) is 134 cm³/mol. The number of rotatable bonds is 6. The van der Waals surface area contributed by atoms with Gasteiger partial charge in [0.05, 0.1) is 35.4 Å². The molecule has 1 aliphatic heterocycles. The highest BCUT2D eigenvalue weighted by Gasteiger charge is 2.47. The minimum absolute atomic E-state index is 0.132. The maximum absolute atomic E-state index is 13.3. The first-order valence-corrected chi connectivity index (χ1v) is 11.5. The average molecular weight is 507 g/mol. The number of carbonyl (C=O) groups excluding carboxylic acids is 3. The maximum Gasteiger partial charge on any atom is 0.338 e. The number of hydrogen-bond donors (Lipinski definition) is 1. The molecule has 1 aliphatic rings. The minimum Gasteiger partial charge on any atom is -0.507 e. The van der Waals surface area contributed by atoms with Crippen molar-refractivity contribution in [3.05, 3.63) is 94.3 Å². The van der Waals surface area contributed by atoms with E-state index in [4.69, 9.17) is 21.1 Å². The van der Waals surface area contributed by atoms with E-state index < -0.39 is 29.5 Å². The van der Waals surface area contributed by atoms with Crippen molar-refractivity contribution < 1.29 is 29.0 Å². The van der Waals surface area contributed by atoms with Gasteiger partial charge in [-0.3, -0.25) is 19.5 Å². The van der Waals surface area contributed by atoms with Gasteiger partial charge in [-0.2, -0.15) is 0 Å². The fourth-order valence-electron chi connectivity index (χ4n) is 3.98. The summed E-state index contributed by atoms with van der Waals surface area (Å²) in [5.74, 6) is -2.40. The third-order valence-corrected chi connectivity index (χ3v) is 5.88. The van der Waals surface area contributed by atoms with Crippen LogP contribution in [0.1, 0.15) is 41.4 Å². The molecule has 1 N–H and O–H groups in total. The van der Waals surface area contributed by atoms with Crippen LogP contribution in [0.25, 0.3) is 5.76 Å². The highest BCUT2D eigenvalue weighted by molar-refractivity contribution is 6.51. The molecule has 3 aromatic rings. The summed E-state index contributed by atoms with van der Waals surface area (Å²) in [6.07, 6.45) is 2.74. The molecule has 0 aliphatic carbocycles. The van der Waals surface area contributed by atoms with Gasteiger partial charge in [0.15, 0.2) is 0 Å². The van der Waals surface area contributed by atoms with Crippen LogP contribution in [0.3, 0.4) is 0 Å². The molecule has 1 fully saturated rings. The molecular weight excluding hydrogens is 484 g/mol. The molecule has 1 aromatic heterocycles. The monoisotopic (exact) mass is 506 g/mol. The molecule has 0 bridgehead atoms. The van der Waals surface area contributed by atoms with Crippen LogP contribution in [-0.4, -0.2) is 41.0 Å². The van der Waals surface area contributed by atoms with Gasteiger partial charge in [0.2, 0.25) is 0 Å². The van der Waals surface area contributed by atoms with Gasteiger partial charge in [-0.15, -0.1) is 0 Å². The predicted octanol–water partition coefficient (Wildman–Crippen LogP) is 4.94. The van der Waals surface area contributed by atoms with E-state index >= 15 is 0 Å². The smallest absolute Gasteiger partial charge is 0.338 e. The van der Waals surface area contributed by atoms with Crippen molar-refractivity contribution >= 4 is 40.7 Å². The lowest BCUT2D eigenvalue weighted by molar-refractivity contribution is -0.132. The first-order chi connectivity index (χ1) is 17.2. The molecule has 8 nitrogen and oxygen atoms in total. The van der Waals surface area contributed by atoms with Crippen LogP contribution in [0, 0.1) is 0 Å². The second-order valence-corrected chi connectivity index (χ2v) is 8.72. The largest absolute Gasteiger partial charge is 0.507 e. The number of halogens is 1. The number of amides is 1. The zero-order valence-corrected chi connectivity index (χ0v) is 20.5. The van der Waals surface area contributed by atoms with Crippen molar-refractivity contribution in [2.45, 2.75) is 26.0 Å². The number of anilines is 1. The van der Waals surface area contributed by atoms with Crippen molar-refractivity contribution in [2.24, 2.45) is 0 Å². The highest BCUT2D eigenvalue weighted by atomic mass is 35.5. The Morgan fingerprint density at radius 2 is 1.86 bits per heavy atom. The lowest BCUT2D eigenvalue weighted by Gasteiger charge is -2.25. The molecule has 4 rings (SSSR count). The number of pyridine rings is 1. The number of ketones is 1. The van der Waals surface area contributed by atoms with Crippen LogP contribution in [0.5, 0.6) is 5.75 Å². The molecule has 184 valence electrons. The normalized spacial score (nSPS) is 16.9. The molecule has 0 saturated carbocycles. The fraction of sp³-hybridized carbons (Fsp3) is 0.185. The van der Waals surface area contributed by atoms with Crippen molar-refractivity contribution in [2.75, 3.05) is 12.0 Å². The Morgan fingerprint density at radius 3 is 2.53 bits per heavy atom. The quantitative estimate of drug-likeness (QED) is 0.218. The van der Waals surface area contributed by atoms with E-state index in [0.717, 1.165) is 0 Å². The van der Waals surface area contributed by atoms with Crippen LogP contribution in [0.15, 0.2) is 72.6 Å². The van der Waals surface area contributed by atoms with Gasteiger partial charge in [-0.1, -0.05) is 23.7 Å². The van der Waals surface area contributed by atoms with E-state index in [9.17, 15) is 19.5 Å². The molecule has 1 atom stereocenters. The third kappa shape index (κ3) is 4.67. The maximum atomic E-state index is 13.3. The van der Waals surface area contributed by atoms with E-state index in [1.165, 1.54) is 42.5 Å². The summed E-state index contributed by atoms with van der Waals surface area (Å²) in [4.78, 5) is 44.5. The number of benzene rings is 2. The third-order valence-electron chi connectivity index (χ3n) is 5.57. The van der Waals surface area contributed by atoms with Crippen LogP contribution < -0.4 is 9.64 Å². The zero-order chi connectivity index (χ0) is 26.0. The molecule has 1 amide bonds. The fourth-order valence-corrected chi connectivity index (χ4v) is 4.17. The van der Waals surface area contributed by atoms with Gasteiger partial charge in [0, 0.05) is 23.6 Å². The molecule has 1 unspecified atom stereocenters. The molecule has 2 heterocycles. The second kappa shape index (κ2) is 10.2. The van der Waals surface area contributed by atoms with Gasteiger partial charge >= 0.3 is 5.97 Å². The second-order valence-electron chi connectivity index (χ2n) is 8.31. The van der Waals surface area contributed by atoms with Crippen LogP contribution >= 0.6 is 11.6 Å². The molecule has 9 heteroatoms. The number of aliphatic hydroxyl groups excluding tert-OH is 1. The summed E-state index contributed by atoms with van der Waals surface area (Å²) in [7, 11) is 1.43. The Morgan fingerprint density at radius 1 is 1.08 bits per heavy atom. The van der Waals surface area contributed by atoms with E-state index in [2.05, 4.69) is 4.98 Å². The molecule has 0 radical (unpaired) electrons. The van der Waals surface area contributed by atoms with E-state index in [1.807, 2.05) is 0 Å². The van der Waals surface area contributed by atoms with Gasteiger partial charge < -0.3 is 14.6 Å².